The first-order valence-corrected chi connectivity index (χ1v) is 4.23. The maximum absolute atomic E-state index is 5.88. The highest BCUT2D eigenvalue weighted by Crippen LogP contribution is 2.28. The zero-order valence-electron chi connectivity index (χ0n) is 7.19. The molecule has 0 saturated carbocycles. The molecular weight excluding hydrogens is 158 g/mol. The molecule has 0 spiro atoms. The molecule has 0 aromatic heterocycles. The van der Waals surface area contributed by atoms with Crippen molar-refractivity contribution in [2.75, 3.05) is 0 Å². The summed E-state index contributed by atoms with van der Waals surface area (Å²) in [6.07, 6.45) is 6.01. The quantitative estimate of drug-likeness (QED) is 0.437. The Morgan fingerprint density at radius 1 is 1.45 bits per heavy atom. The van der Waals surface area contributed by atoms with Crippen LogP contribution in [0.25, 0.3) is 0 Å². The van der Waals surface area contributed by atoms with Crippen LogP contribution in [0.4, 0.5) is 0 Å². The zero-order chi connectivity index (χ0) is 8.48. The van der Waals surface area contributed by atoms with E-state index in [1.54, 1.807) is 0 Å². The van der Waals surface area contributed by atoms with Crippen molar-refractivity contribution in [2.45, 2.75) is 26.3 Å². The molecule has 0 fully saturated rings. The van der Waals surface area contributed by atoms with E-state index in [1.807, 2.05) is 12.3 Å². The molecule has 1 heterocycles. The number of halogens is 1. The smallest absolute Gasteiger partial charge is 0.120 e. The second-order valence-electron chi connectivity index (χ2n) is 3.77. The van der Waals surface area contributed by atoms with Crippen molar-refractivity contribution in [3.63, 3.8) is 0 Å². The average molecular weight is 172 g/mol. The van der Waals surface area contributed by atoms with Gasteiger partial charge in [-0.3, -0.25) is 0 Å². The Morgan fingerprint density at radius 3 is 2.45 bits per heavy atom. The van der Waals surface area contributed by atoms with Crippen molar-refractivity contribution >= 4 is 11.6 Å². The molecule has 0 saturated heterocycles. The van der Waals surface area contributed by atoms with Crippen molar-refractivity contribution < 1.29 is 0 Å². The number of alkyl halides is 1. The molecule has 1 rings (SSSR count). The molecule has 0 aromatic carbocycles. The van der Waals surface area contributed by atoms with Gasteiger partial charge in [-0.15, -0.1) is 0 Å². The van der Waals surface area contributed by atoms with Gasteiger partial charge in [0.2, 0.25) is 0 Å². The van der Waals surface area contributed by atoms with Crippen LogP contribution in [-0.4, -0.2) is 5.50 Å². The summed E-state index contributed by atoms with van der Waals surface area (Å²) in [5.74, 6) is 0. The van der Waals surface area contributed by atoms with E-state index >= 15 is 0 Å². The lowest BCUT2D eigenvalue weighted by atomic mass is 9.85. The molecule has 1 N–H and O–H groups in total. The third-order valence-corrected chi connectivity index (χ3v) is 1.96. The second kappa shape index (κ2) is 2.90. The number of dihydropyridines is 1. The summed E-state index contributed by atoms with van der Waals surface area (Å²) in [4.78, 5) is 0. The minimum absolute atomic E-state index is 0.0470. The third kappa shape index (κ3) is 2.26. The first-order chi connectivity index (χ1) is 5.00. The van der Waals surface area contributed by atoms with Crippen LogP contribution >= 0.6 is 11.6 Å². The van der Waals surface area contributed by atoms with Gasteiger partial charge in [-0.1, -0.05) is 32.4 Å². The lowest BCUT2D eigenvalue weighted by molar-refractivity contribution is 0.510. The first kappa shape index (κ1) is 8.66. The van der Waals surface area contributed by atoms with Crippen LogP contribution in [0.2, 0.25) is 0 Å². The minimum atomic E-state index is -0.0470. The fraction of sp³-hybridized carbons (Fsp3) is 0.556. The molecule has 0 amide bonds. The maximum atomic E-state index is 5.88. The van der Waals surface area contributed by atoms with Crippen LogP contribution in [-0.2, 0) is 0 Å². The fourth-order valence-corrected chi connectivity index (χ4v) is 1.20. The van der Waals surface area contributed by atoms with E-state index in [0.29, 0.717) is 0 Å². The first-order valence-electron chi connectivity index (χ1n) is 3.79. The van der Waals surface area contributed by atoms with Gasteiger partial charge in [0.15, 0.2) is 0 Å². The lowest BCUT2D eigenvalue weighted by Gasteiger charge is -2.24. The molecule has 1 atom stereocenters. The standard InChI is InChI=1S/C9H14ClN/c1-9(2,3)7-4-5-11-8(10)6-7/h4-6,8,11H,1-3H3. The van der Waals surface area contributed by atoms with Crippen LogP contribution in [0.1, 0.15) is 20.8 Å². The van der Waals surface area contributed by atoms with Crippen molar-refractivity contribution in [3.8, 4) is 0 Å². The van der Waals surface area contributed by atoms with Gasteiger partial charge in [-0.25, -0.2) is 0 Å². The minimum Gasteiger partial charge on any atom is -0.372 e. The van der Waals surface area contributed by atoms with E-state index in [2.05, 4.69) is 32.2 Å². The molecule has 62 valence electrons. The third-order valence-electron chi connectivity index (χ3n) is 1.71. The van der Waals surface area contributed by atoms with Crippen molar-refractivity contribution in [1.82, 2.24) is 5.32 Å². The van der Waals surface area contributed by atoms with Crippen LogP contribution < -0.4 is 5.32 Å². The highest BCUT2D eigenvalue weighted by Gasteiger charge is 2.17. The zero-order valence-corrected chi connectivity index (χ0v) is 7.94. The highest BCUT2D eigenvalue weighted by atomic mass is 35.5. The Hall–Kier alpha value is -0.430. The molecule has 1 unspecified atom stereocenters. The van der Waals surface area contributed by atoms with Gasteiger partial charge in [-0.05, 0) is 29.3 Å². The summed E-state index contributed by atoms with van der Waals surface area (Å²) < 4.78 is 0. The summed E-state index contributed by atoms with van der Waals surface area (Å²) >= 11 is 5.88. The van der Waals surface area contributed by atoms with Crippen molar-refractivity contribution in [1.29, 1.82) is 0 Å². The topological polar surface area (TPSA) is 12.0 Å². The van der Waals surface area contributed by atoms with Gasteiger partial charge in [0.25, 0.3) is 0 Å². The molecule has 2 heteroatoms. The normalized spacial score (nSPS) is 24.4. The molecule has 0 bridgehead atoms. The maximum Gasteiger partial charge on any atom is 0.120 e. The SMILES string of the molecule is CC(C)(C)C1=CC(Cl)NC=C1. The van der Waals surface area contributed by atoms with Crippen LogP contribution in [0, 0.1) is 5.41 Å². The van der Waals surface area contributed by atoms with E-state index in [9.17, 15) is 0 Å². The Kier molecular flexibility index (Phi) is 2.28. The molecular formula is C9H14ClN. The Morgan fingerprint density at radius 2 is 2.09 bits per heavy atom. The van der Waals surface area contributed by atoms with E-state index in [1.165, 1.54) is 5.57 Å². The van der Waals surface area contributed by atoms with Gasteiger partial charge in [-0.2, -0.15) is 0 Å². The number of nitrogens with one attached hydrogen (secondary N) is 1. The fourth-order valence-electron chi connectivity index (χ4n) is 0.991. The summed E-state index contributed by atoms with van der Waals surface area (Å²) in [6, 6.07) is 0. The summed E-state index contributed by atoms with van der Waals surface area (Å²) in [5, 5.41) is 2.99. The average Bonchev–Trinajstić information content (AvgIpc) is 1.86. The Bertz CT molecular complexity index is 198. The Balaban J connectivity index is 2.80. The van der Waals surface area contributed by atoms with Crippen LogP contribution in [0.15, 0.2) is 23.9 Å². The summed E-state index contributed by atoms with van der Waals surface area (Å²) in [6.45, 7) is 6.54. The number of hydrogen-bond acceptors (Lipinski definition) is 1. The second-order valence-corrected chi connectivity index (χ2v) is 4.24. The predicted molar refractivity (Wildman–Crippen MR) is 49.5 cm³/mol. The van der Waals surface area contributed by atoms with Gasteiger partial charge >= 0.3 is 0 Å². The van der Waals surface area contributed by atoms with Gasteiger partial charge in [0.05, 0.1) is 0 Å². The van der Waals surface area contributed by atoms with Gasteiger partial charge in [0.1, 0.15) is 5.50 Å². The lowest BCUT2D eigenvalue weighted by Crippen LogP contribution is -2.22. The molecule has 1 nitrogen and oxygen atoms in total. The highest BCUT2D eigenvalue weighted by molar-refractivity contribution is 6.21. The van der Waals surface area contributed by atoms with Crippen LogP contribution in [0.5, 0.6) is 0 Å². The van der Waals surface area contributed by atoms with Crippen LogP contribution in [0.3, 0.4) is 0 Å². The molecule has 1 aliphatic heterocycles. The van der Waals surface area contributed by atoms with Crippen molar-refractivity contribution in [2.24, 2.45) is 5.41 Å². The summed E-state index contributed by atoms with van der Waals surface area (Å²) in [5.41, 5.74) is 1.44. The number of hydrogen-bond donors (Lipinski definition) is 1. The monoisotopic (exact) mass is 171 g/mol. The molecule has 0 aromatic rings. The Labute approximate surface area is 73.1 Å². The van der Waals surface area contributed by atoms with E-state index in [-0.39, 0.29) is 10.9 Å². The summed E-state index contributed by atoms with van der Waals surface area (Å²) in [7, 11) is 0. The predicted octanol–water partition coefficient (Wildman–Crippen LogP) is 2.64. The van der Waals surface area contributed by atoms with E-state index < -0.39 is 0 Å². The van der Waals surface area contributed by atoms with Gasteiger partial charge in [0, 0.05) is 0 Å². The molecule has 0 radical (unpaired) electrons. The van der Waals surface area contributed by atoms with Crippen molar-refractivity contribution in [3.05, 3.63) is 23.9 Å². The number of rotatable bonds is 0. The van der Waals surface area contributed by atoms with E-state index in [0.717, 1.165) is 0 Å². The van der Waals surface area contributed by atoms with Gasteiger partial charge < -0.3 is 5.32 Å². The van der Waals surface area contributed by atoms with E-state index in [4.69, 9.17) is 11.6 Å². The molecule has 0 aliphatic carbocycles. The molecule has 1 aliphatic rings. The molecule has 11 heavy (non-hydrogen) atoms. The number of allylic oxidation sites excluding steroid dienone is 2. The largest absolute Gasteiger partial charge is 0.372 e.